The van der Waals surface area contributed by atoms with E-state index in [0.717, 1.165) is 18.5 Å². The lowest BCUT2D eigenvalue weighted by Crippen LogP contribution is -2.29. The number of aromatic nitrogens is 6. The Kier molecular flexibility index (Phi) is 4.50. The van der Waals surface area contributed by atoms with Crippen LogP contribution in [0.15, 0.2) is 54.2 Å². The topological polar surface area (TPSA) is 144 Å². The fraction of sp³-hybridized carbons (Fsp3) is 0.238. The summed E-state index contributed by atoms with van der Waals surface area (Å²) in [4.78, 5) is 29.0. The van der Waals surface area contributed by atoms with Crippen molar-refractivity contribution < 1.29 is 14.6 Å². The van der Waals surface area contributed by atoms with Crippen molar-refractivity contribution in [3.05, 3.63) is 54.7 Å². The summed E-state index contributed by atoms with van der Waals surface area (Å²) >= 11 is 0. The summed E-state index contributed by atoms with van der Waals surface area (Å²) in [6.07, 6.45) is 7.97. The van der Waals surface area contributed by atoms with Crippen LogP contribution in [0, 0.1) is 0 Å². The number of hydrogen-bond acceptors (Lipinski definition) is 9. The van der Waals surface area contributed by atoms with Gasteiger partial charge in [0.25, 0.3) is 5.91 Å². The molecule has 4 aromatic rings. The minimum absolute atomic E-state index is 0.153. The van der Waals surface area contributed by atoms with Gasteiger partial charge in [-0.1, -0.05) is 0 Å². The molecular weight excluding hydrogens is 426 g/mol. The number of carbonyl (C=O) groups is 1. The first-order chi connectivity index (χ1) is 16.1. The van der Waals surface area contributed by atoms with Crippen molar-refractivity contribution in [2.24, 2.45) is 4.99 Å². The first-order valence-electron chi connectivity index (χ1n) is 10.5. The number of rotatable bonds is 7. The van der Waals surface area contributed by atoms with Gasteiger partial charge in [0.1, 0.15) is 11.5 Å². The lowest BCUT2D eigenvalue weighted by Gasteiger charge is -2.10. The summed E-state index contributed by atoms with van der Waals surface area (Å²) in [5, 5.41) is 19.6. The Morgan fingerprint density at radius 3 is 2.76 bits per heavy atom. The van der Waals surface area contributed by atoms with Crippen molar-refractivity contribution in [2.75, 3.05) is 5.32 Å². The number of aliphatic hydroxyl groups excluding tert-OH is 1. The van der Waals surface area contributed by atoms with Crippen molar-refractivity contribution in [3.63, 3.8) is 0 Å². The molecule has 12 heteroatoms. The first-order valence-corrected chi connectivity index (χ1v) is 10.5. The van der Waals surface area contributed by atoms with Crippen LogP contribution in [0.4, 0.5) is 5.95 Å². The highest BCUT2D eigenvalue weighted by Crippen LogP contribution is 2.27. The van der Waals surface area contributed by atoms with Gasteiger partial charge in [0.2, 0.25) is 12.3 Å². The predicted molar refractivity (Wildman–Crippen MR) is 116 cm³/mol. The van der Waals surface area contributed by atoms with Gasteiger partial charge in [-0.15, -0.1) is 0 Å². The maximum atomic E-state index is 12.0. The van der Waals surface area contributed by atoms with Crippen molar-refractivity contribution in [3.8, 4) is 17.4 Å². The number of fused-ring (bicyclic) bond motifs is 1. The van der Waals surface area contributed by atoms with Crippen LogP contribution in [-0.4, -0.2) is 58.3 Å². The SMILES string of the molecule is O=C1NC(O)N=C1Cc1cnn2c(NC3CC3)nc(Oc3ccc(-n4ccnc4)cc3)nc12. The number of nitrogens with one attached hydrogen (secondary N) is 2. The van der Waals surface area contributed by atoms with Crippen LogP contribution >= 0.6 is 0 Å². The van der Waals surface area contributed by atoms with Crippen LogP contribution in [0.1, 0.15) is 18.4 Å². The molecule has 1 aromatic carbocycles. The zero-order chi connectivity index (χ0) is 22.4. The fourth-order valence-electron chi connectivity index (χ4n) is 3.53. The molecular formula is C21H19N9O3. The number of carbonyl (C=O) groups excluding carboxylic acids is 1. The summed E-state index contributed by atoms with van der Waals surface area (Å²) < 4.78 is 9.44. The average Bonchev–Trinajstić information content (AvgIpc) is 3.17. The molecule has 1 atom stereocenters. The molecule has 3 aromatic heterocycles. The third kappa shape index (κ3) is 3.87. The summed E-state index contributed by atoms with van der Waals surface area (Å²) in [5.41, 5.74) is 2.32. The number of imidazole rings is 1. The van der Waals surface area contributed by atoms with E-state index in [0.29, 0.717) is 29.0 Å². The lowest BCUT2D eigenvalue weighted by atomic mass is 10.1. The molecule has 2 aliphatic rings. The molecule has 1 saturated carbocycles. The van der Waals surface area contributed by atoms with Crippen LogP contribution in [0.3, 0.4) is 0 Å². The zero-order valence-corrected chi connectivity index (χ0v) is 17.3. The highest BCUT2D eigenvalue weighted by atomic mass is 16.5. The number of nitrogens with zero attached hydrogens (tertiary/aromatic N) is 7. The average molecular weight is 445 g/mol. The summed E-state index contributed by atoms with van der Waals surface area (Å²) in [6, 6.07) is 7.95. The molecule has 1 aliphatic heterocycles. The van der Waals surface area contributed by atoms with Gasteiger partial charge >= 0.3 is 6.01 Å². The van der Waals surface area contributed by atoms with Crippen molar-refractivity contribution >= 4 is 23.2 Å². The number of anilines is 1. The minimum atomic E-state index is -1.22. The van der Waals surface area contributed by atoms with Crippen LogP contribution < -0.4 is 15.4 Å². The minimum Gasteiger partial charge on any atom is -0.424 e. The Labute approximate surface area is 187 Å². The van der Waals surface area contributed by atoms with Crippen LogP contribution in [0.25, 0.3) is 11.3 Å². The van der Waals surface area contributed by atoms with E-state index in [1.807, 2.05) is 35.0 Å². The molecule has 0 spiro atoms. The third-order valence-electron chi connectivity index (χ3n) is 5.34. The van der Waals surface area contributed by atoms with E-state index in [1.54, 1.807) is 23.2 Å². The van der Waals surface area contributed by atoms with E-state index >= 15 is 0 Å². The third-order valence-corrected chi connectivity index (χ3v) is 5.34. The van der Waals surface area contributed by atoms with E-state index in [2.05, 4.69) is 35.7 Å². The molecule has 6 rings (SSSR count). The normalized spacial score (nSPS) is 17.8. The largest absolute Gasteiger partial charge is 0.424 e. The number of benzene rings is 1. The van der Waals surface area contributed by atoms with Gasteiger partial charge in [-0.25, -0.2) is 9.98 Å². The molecule has 166 valence electrons. The number of hydrogen-bond donors (Lipinski definition) is 3. The van der Waals surface area contributed by atoms with Crippen LogP contribution in [0.5, 0.6) is 11.8 Å². The molecule has 1 amide bonds. The number of aliphatic hydroxyl groups is 1. The molecule has 0 saturated heterocycles. The molecule has 12 nitrogen and oxygen atoms in total. The second-order valence-electron chi connectivity index (χ2n) is 7.82. The standard InChI is InChI=1S/C21H19N9O3/c31-18-16(25-20(32)27-18)9-12-10-23-30-17(12)26-21(28-19(30)24-13-1-2-13)33-15-5-3-14(4-6-15)29-8-7-22-11-29/h3-8,10-11,13,20,32H,1-2,9H2,(H,27,31)(H,24,26,28). The first kappa shape index (κ1) is 19.4. The van der Waals surface area contributed by atoms with Gasteiger partial charge in [0.15, 0.2) is 5.65 Å². The van der Waals surface area contributed by atoms with Crippen molar-refractivity contribution in [1.82, 2.24) is 34.4 Å². The van der Waals surface area contributed by atoms with E-state index < -0.39 is 12.3 Å². The molecule has 0 radical (unpaired) electrons. The quantitative estimate of drug-likeness (QED) is 0.383. The molecule has 33 heavy (non-hydrogen) atoms. The lowest BCUT2D eigenvalue weighted by molar-refractivity contribution is -0.116. The van der Waals surface area contributed by atoms with Crippen molar-refractivity contribution in [2.45, 2.75) is 31.7 Å². The number of amides is 1. The van der Waals surface area contributed by atoms with Gasteiger partial charge < -0.3 is 25.0 Å². The van der Waals surface area contributed by atoms with E-state index in [-0.39, 0.29) is 18.1 Å². The number of ether oxygens (including phenoxy) is 1. The maximum Gasteiger partial charge on any atom is 0.327 e. The molecule has 1 unspecified atom stereocenters. The second-order valence-corrected chi connectivity index (χ2v) is 7.82. The summed E-state index contributed by atoms with van der Waals surface area (Å²) in [7, 11) is 0. The van der Waals surface area contributed by atoms with E-state index in [1.165, 1.54) is 0 Å². The molecule has 4 heterocycles. The van der Waals surface area contributed by atoms with Gasteiger partial charge in [0.05, 0.1) is 12.5 Å². The predicted octanol–water partition coefficient (Wildman–Crippen LogP) is 1.07. The van der Waals surface area contributed by atoms with Crippen molar-refractivity contribution in [1.29, 1.82) is 0 Å². The second kappa shape index (κ2) is 7.67. The molecule has 0 bridgehead atoms. The van der Waals surface area contributed by atoms with E-state index in [4.69, 9.17) is 4.74 Å². The maximum absolute atomic E-state index is 12.0. The molecule has 1 fully saturated rings. The highest BCUT2D eigenvalue weighted by Gasteiger charge is 2.27. The summed E-state index contributed by atoms with van der Waals surface area (Å²) in [6.45, 7) is 0. The Balaban J connectivity index is 1.32. The van der Waals surface area contributed by atoms with Gasteiger partial charge in [-0.05, 0) is 37.1 Å². The van der Waals surface area contributed by atoms with Gasteiger partial charge in [-0.3, -0.25) is 4.79 Å². The number of aliphatic imine (C=N–C) groups is 1. The molecule has 1 aliphatic carbocycles. The van der Waals surface area contributed by atoms with Crippen LogP contribution in [0.2, 0.25) is 0 Å². The summed E-state index contributed by atoms with van der Waals surface area (Å²) in [5.74, 6) is 0.669. The Morgan fingerprint density at radius 2 is 2.06 bits per heavy atom. The Hall–Kier alpha value is -4.32. The fourth-order valence-corrected chi connectivity index (χ4v) is 3.53. The van der Waals surface area contributed by atoms with E-state index in [9.17, 15) is 9.90 Å². The monoisotopic (exact) mass is 445 g/mol. The van der Waals surface area contributed by atoms with Gasteiger partial charge in [-0.2, -0.15) is 19.6 Å². The van der Waals surface area contributed by atoms with Crippen LogP contribution in [-0.2, 0) is 11.2 Å². The smallest absolute Gasteiger partial charge is 0.327 e. The zero-order valence-electron chi connectivity index (χ0n) is 17.3. The Morgan fingerprint density at radius 1 is 1.21 bits per heavy atom. The van der Waals surface area contributed by atoms with Gasteiger partial charge in [0, 0.05) is 36.1 Å². The Bertz CT molecular complexity index is 1360. The highest BCUT2D eigenvalue weighted by molar-refractivity contribution is 6.40. The molecule has 3 N–H and O–H groups in total.